The van der Waals surface area contributed by atoms with Crippen molar-refractivity contribution in [3.8, 4) is 5.75 Å². The zero-order valence-electron chi connectivity index (χ0n) is 15.2. The third-order valence-electron chi connectivity index (χ3n) is 5.36. The van der Waals surface area contributed by atoms with Gasteiger partial charge in [-0.15, -0.1) is 0 Å². The first-order chi connectivity index (χ1) is 13.0. The minimum absolute atomic E-state index is 0.0302. The van der Waals surface area contributed by atoms with Crippen LogP contribution in [0.1, 0.15) is 25.3 Å². The number of carbonyl (C=O) groups is 2. The fraction of sp³-hybridized carbons (Fsp3) is 0.450. The number of nitrogens with one attached hydrogen (secondary N) is 1. The fourth-order valence-corrected chi connectivity index (χ4v) is 3.87. The van der Waals surface area contributed by atoms with Gasteiger partial charge in [-0.1, -0.05) is 6.92 Å². The number of hydrogen-bond acceptors (Lipinski definition) is 5. The Morgan fingerprint density at radius 3 is 2.89 bits per heavy atom. The standard InChI is InChI=1S/C20H22N2O5/c1-2-12-7-19(24)27-17-8-15(5-6-16(12)17)26-11-18(23)22-9-13-3-4-14(10-22)21-20(13)25/h5-8,13-14H,2-4,9-11H2,1H3,(H,21,25)/t13-,14+/m1/s1. The smallest absolute Gasteiger partial charge is 0.336 e. The maximum atomic E-state index is 12.6. The highest BCUT2D eigenvalue weighted by Gasteiger charge is 2.36. The molecule has 0 aliphatic carbocycles. The lowest BCUT2D eigenvalue weighted by molar-refractivity contribution is -0.134. The second kappa shape index (κ2) is 7.06. The first kappa shape index (κ1) is 17.6. The SMILES string of the molecule is CCc1cc(=O)oc2cc(OCC(=O)N3C[C@@H]4CC[C@H](C3)C(=O)N4)ccc12. The Kier molecular flexibility index (Phi) is 4.59. The van der Waals surface area contributed by atoms with Crippen molar-refractivity contribution in [1.82, 2.24) is 10.2 Å². The molecule has 5 rings (SSSR count). The molecule has 0 saturated carbocycles. The molecule has 2 atom stereocenters. The molecule has 1 aromatic carbocycles. The van der Waals surface area contributed by atoms with Gasteiger partial charge in [-0.3, -0.25) is 9.59 Å². The number of amides is 2. The molecule has 0 radical (unpaired) electrons. The predicted molar refractivity (Wildman–Crippen MR) is 98.6 cm³/mol. The molecule has 0 spiro atoms. The average Bonchev–Trinajstić information content (AvgIpc) is 2.96. The van der Waals surface area contributed by atoms with Crippen LogP contribution in [0, 0.1) is 5.92 Å². The fourth-order valence-electron chi connectivity index (χ4n) is 3.87. The van der Waals surface area contributed by atoms with Gasteiger partial charge in [-0.2, -0.15) is 0 Å². The molecular weight excluding hydrogens is 348 g/mol. The van der Waals surface area contributed by atoms with E-state index in [0.29, 0.717) is 24.4 Å². The number of fused-ring (bicyclic) bond motifs is 5. The van der Waals surface area contributed by atoms with Crippen molar-refractivity contribution in [3.63, 3.8) is 0 Å². The van der Waals surface area contributed by atoms with Crippen LogP contribution in [-0.2, 0) is 16.0 Å². The van der Waals surface area contributed by atoms with Crippen molar-refractivity contribution in [1.29, 1.82) is 0 Å². The molecule has 2 aromatic rings. The highest BCUT2D eigenvalue weighted by atomic mass is 16.5. The van der Waals surface area contributed by atoms with E-state index in [4.69, 9.17) is 9.15 Å². The molecule has 7 heteroatoms. The summed E-state index contributed by atoms with van der Waals surface area (Å²) in [5.41, 5.74) is 0.970. The zero-order valence-corrected chi connectivity index (χ0v) is 15.2. The van der Waals surface area contributed by atoms with Crippen molar-refractivity contribution in [3.05, 3.63) is 40.2 Å². The molecule has 142 valence electrons. The molecular formula is C20H22N2O5. The van der Waals surface area contributed by atoms with E-state index in [1.807, 2.05) is 13.0 Å². The van der Waals surface area contributed by atoms with Crippen LogP contribution < -0.4 is 15.7 Å². The molecule has 4 heterocycles. The summed E-state index contributed by atoms with van der Waals surface area (Å²) < 4.78 is 10.9. The normalized spacial score (nSPS) is 21.8. The van der Waals surface area contributed by atoms with Crippen molar-refractivity contribution < 1.29 is 18.7 Å². The molecule has 3 fully saturated rings. The lowest BCUT2D eigenvalue weighted by Gasteiger charge is -2.23. The summed E-state index contributed by atoms with van der Waals surface area (Å²) in [7, 11) is 0. The Morgan fingerprint density at radius 2 is 2.11 bits per heavy atom. The molecule has 2 bridgehead atoms. The summed E-state index contributed by atoms with van der Waals surface area (Å²) in [6, 6.07) is 6.77. The van der Waals surface area contributed by atoms with Gasteiger partial charge in [0.15, 0.2) is 6.61 Å². The summed E-state index contributed by atoms with van der Waals surface area (Å²) in [5, 5.41) is 3.82. The number of aryl methyl sites for hydroxylation is 1. The Bertz CT molecular complexity index is 951. The molecule has 1 N–H and O–H groups in total. The summed E-state index contributed by atoms with van der Waals surface area (Å²) in [4.78, 5) is 37.8. The number of rotatable bonds is 4. The largest absolute Gasteiger partial charge is 0.484 e. The number of ether oxygens (including phenoxy) is 1. The molecule has 3 saturated heterocycles. The first-order valence-electron chi connectivity index (χ1n) is 9.31. The average molecular weight is 370 g/mol. The van der Waals surface area contributed by atoms with E-state index in [0.717, 1.165) is 30.2 Å². The number of nitrogens with zero attached hydrogens (tertiary/aromatic N) is 1. The Morgan fingerprint density at radius 1 is 1.26 bits per heavy atom. The lowest BCUT2D eigenvalue weighted by atomic mass is 9.96. The van der Waals surface area contributed by atoms with Gasteiger partial charge in [-0.25, -0.2) is 4.79 Å². The van der Waals surface area contributed by atoms with E-state index in [1.54, 1.807) is 17.0 Å². The second-order valence-electron chi connectivity index (χ2n) is 7.17. The maximum Gasteiger partial charge on any atom is 0.336 e. The van der Waals surface area contributed by atoms with Gasteiger partial charge in [0.05, 0.1) is 5.92 Å². The zero-order chi connectivity index (χ0) is 19.0. The van der Waals surface area contributed by atoms with Crippen molar-refractivity contribution in [2.45, 2.75) is 32.2 Å². The van der Waals surface area contributed by atoms with E-state index >= 15 is 0 Å². The lowest BCUT2D eigenvalue weighted by Crippen LogP contribution is -2.44. The van der Waals surface area contributed by atoms with E-state index in [9.17, 15) is 14.4 Å². The summed E-state index contributed by atoms with van der Waals surface area (Å²) in [6.45, 7) is 2.83. The summed E-state index contributed by atoms with van der Waals surface area (Å²) in [5.74, 6) is 0.236. The van der Waals surface area contributed by atoms with E-state index in [-0.39, 0.29) is 30.4 Å². The number of benzene rings is 1. The molecule has 27 heavy (non-hydrogen) atoms. The molecule has 3 aliphatic heterocycles. The van der Waals surface area contributed by atoms with Gasteiger partial charge < -0.3 is 19.4 Å². The van der Waals surface area contributed by atoms with Crippen molar-refractivity contribution >= 4 is 22.8 Å². The quantitative estimate of drug-likeness (QED) is 0.824. The summed E-state index contributed by atoms with van der Waals surface area (Å²) in [6.07, 6.45) is 2.46. The monoisotopic (exact) mass is 370 g/mol. The van der Waals surface area contributed by atoms with Gasteiger partial charge in [-0.05, 0) is 37.0 Å². The Balaban J connectivity index is 1.46. The Hall–Kier alpha value is -2.83. The molecule has 7 nitrogen and oxygen atoms in total. The highest BCUT2D eigenvalue weighted by molar-refractivity contribution is 5.84. The topological polar surface area (TPSA) is 88.8 Å². The summed E-state index contributed by atoms with van der Waals surface area (Å²) >= 11 is 0. The van der Waals surface area contributed by atoms with Gasteiger partial charge in [0.2, 0.25) is 5.91 Å². The van der Waals surface area contributed by atoms with Crippen LogP contribution in [0.5, 0.6) is 5.75 Å². The highest BCUT2D eigenvalue weighted by Crippen LogP contribution is 2.24. The van der Waals surface area contributed by atoms with E-state index in [2.05, 4.69) is 5.32 Å². The molecule has 3 aliphatic rings. The van der Waals surface area contributed by atoms with Crippen LogP contribution in [-0.4, -0.2) is 42.5 Å². The van der Waals surface area contributed by atoms with E-state index < -0.39 is 5.63 Å². The third-order valence-corrected chi connectivity index (χ3v) is 5.36. The van der Waals surface area contributed by atoms with E-state index in [1.165, 1.54) is 6.07 Å². The minimum atomic E-state index is -0.398. The number of carbonyl (C=O) groups excluding carboxylic acids is 2. The van der Waals surface area contributed by atoms with Crippen LogP contribution in [0.4, 0.5) is 0 Å². The molecule has 2 amide bonds. The predicted octanol–water partition coefficient (Wildman–Crippen LogP) is 1.47. The first-order valence-corrected chi connectivity index (χ1v) is 9.31. The van der Waals surface area contributed by atoms with Crippen LogP contribution in [0.2, 0.25) is 0 Å². The number of piperidine rings is 1. The van der Waals surface area contributed by atoms with Crippen LogP contribution in [0.15, 0.2) is 33.5 Å². The molecule has 0 unspecified atom stereocenters. The van der Waals surface area contributed by atoms with Gasteiger partial charge in [0, 0.05) is 36.7 Å². The van der Waals surface area contributed by atoms with Gasteiger partial charge in [0.1, 0.15) is 11.3 Å². The van der Waals surface area contributed by atoms with Crippen molar-refractivity contribution in [2.75, 3.05) is 19.7 Å². The maximum absolute atomic E-state index is 12.6. The van der Waals surface area contributed by atoms with Gasteiger partial charge >= 0.3 is 5.63 Å². The second-order valence-corrected chi connectivity index (χ2v) is 7.17. The number of hydrogen-bond donors (Lipinski definition) is 1. The third kappa shape index (κ3) is 3.54. The molecule has 1 aromatic heterocycles. The van der Waals surface area contributed by atoms with Crippen LogP contribution in [0.3, 0.4) is 0 Å². The van der Waals surface area contributed by atoms with Gasteiger partial charge in [0.25, 0.3) is 5.91 Å². The Labute approximate surface area is 156 Å². The van der Waals surface area contributed by atoms with Crippen LogP contribution in [0.25, 0.3) is 11.0 Å². The minimum Gasteiger partial charge on any atom is -0.484 e. The van der Waals surface area contributed by atoms with Crippen LogP contribution >= 0.6 is 0 Å². The van der Waals surface area contributed by atoms with Crippen molar-refractivity contribution in [2.24, 2.45) is 5.92 Å².